The van der Waals surface area contributed by atoms with Crippen LogP contribution in [0.1, 0.15) is 19.3 Å². The molecule has 2 amide bonds. The fourth-order valence-electron chi connectivity index (χ4n) is 3.36. The molecule has 2 N–H and O–H groups in total. The van der Waals surface area contributed by atoms with E-state index in [0.29, 0.717) is 30.7 Å². The van der Waals surface area contributed by atoms with E-state index in [9.17, 15) is 9.90 Å². The van der Waals surface area contributed by atoms with Crippen molar-refractivity contribution in [2.24, 2.45) is 0 Å². The Hall–Kier alpha value is -2.41. The molecule has 2 fully saturated rings. The highest BCUT2D eigenvalue weighted by Gasteiger charge is 2.25. The van der Waals surface area contributed by atoms with Crippen LogP contribution in [-0.4, -0.2) is 58.3 Å². The predicted molar refractivity (Wildman–Crippen MR) is 92.2 cm³/mol. The van der Waals surface area contributed by atoms with Gasteiger partial charge in [0.15, 0.2) is 0 Å². The van der Waals surface area contributed by atoms with E-state index in [2.05, 4.69) is 15.2 Å². The molecule has 126 valence electrons. The highest BCUT2D eigenvalue weighted by molar-refractivity contribution is 5.98. The average Bonchev–Trinajstić information content (AvgIpc) is 3.26. The molecule has 2 aliphatic heterocycles. The SMILES string of the molecule is O=C(Nc1ccnc2ccc(N3CCCC3)nc12)N1CCC(O)C1. The third-order valence-electron chi connectivity index (χ3n) is 4.69. The van der Waals surface area contributed by atoms with Crippen LogP contribution >= 0.6 is 0 Å². The Morgan fingerprint density at radius 3 is 2.79 bits per heavy atom. The number of urea groups is 1. The monoisotopic (exact) mass is 327 g/mol. The number of anilines is 2. The summed E-state index contributed by atoms with van der Waals surface area (Å²) >= 11 is 0. The number of aromatic nitrogens is 2. The number of likely N-dealkylation sites (tertiary alicyclic amines) is 1. The second-order valence-electron chi connectivity index (χ2n) is 6.41. The van der Waals surface area contributed by atoms with E-state index in [4.69, 9.17) is 4.98 Å². The number of nitrogens with one attached hydrogen (secondary N) is 1. The van der Waals surface area contributed by atoms with Gasteiger partial charge in [0.05, 0.1) is 17.3 Å². The van der Waals surface area contributed by atoms with Gasteiger partial charge in [0.1, 0.15) is 11.3 Å². The van der Waals surface area contributed by atoms with Gasteiger partial charge in [-0.25, -0.2) is 9.78 Å². The fourth-order valence-corrected chi connectivity index (χ4v) is 3.36. The van der Waals surface area contributed by atoms with E-state index in [1.54, 1.807) is 17.2 Å². The average molecular weight is 327 g/mol. The molecule has 24 heavy (non-hydrogen) atoms. The molecule has 2 aromatic rings. The molecular weight excluding hydrogens is 306 g/mol. The number of rotatable bonds is 2. The molecule has 0 bridgehead atoms. The first-order chi connectivity index (χ1) is 11.7. The summed E-state index contributed by atoms with van der Waals surface area (Å²) in [7, 11) is 0. The number of amides is 2. The molecule has 7 nitrogen and oxygen atoms in total. The van der Waals surface area contributed by atoms with E-state index in [1.165, 1.54) is 12.8 Å². The van der Waals surface area contributed by atoms with Crippen LogP contribution in [0.25, 0.3) is 11.0 Å². The zero-order chi connectivity index (χ0) is 16.5. The van der Waals surface area contributed by atoms with Gasteiger partial charge in [-0.15, -0.1) is 0 Å². The van der Waals surface area contributed by atoms with Crippen molar-refractivity contribution >= 4 is 28.6 Å². The van der Waals surface area contributed by atoms with Crippen molar-refractivity contribution in [1.29, 1.82) is 0 Å². The molecule has 1 atom stereocenters. The highest BCUT2D eigenvalue weighted by Crippen LogP contribution is 2.25. The van der Waals surface area contributed by atoms with Crippen molar-refractivity contribution < 1.29 is 9.90 Å². The molecule has 7 heteroatoms. The number of aliphatic hydroxyl groups excluding tert-OH is 1. The number of carbonyl (C=O) groups is 1. The molecule has 0 aromatic carbocycles. The van der Waals surface area contributed by atoms with Crippen LogP contribution < -0.4 is 10.2 Å². The number of hydrogen-bond donors (Lipinski definition) is 2. The van der Waals surface area contributed by atoms with E-state index >= 15 is 0 Å². The van der Waals surface area contributed by atoms with Crippen LogP contribution in [0.3, 0.4) is 0 Å². The molecule has 0 saturated carbocycles. The van der Waals surface area contributed by atoms with Crippen LogP contribution in [0, 0.1) is 0 Å². The number of β-amino-alcohol motifs (C(OH)–C–C–N with tert-alkyl or cyclic N) is 1. The van der Waals surface area contributed by atoms with Gasteiger partial charge in [-0.05, 0) is 37.5 Å². The zero-order valence-corrected chi connectivity index (χ0v) is 13.5. The first-order valence-electron chi connectivity index (χ1n) is 8.45. The molecule has 2 saturated heterocycles. The lowest BCUT2D eigenvalue weighted by molar-refractivity contribution is 0.176. The summed E-state index contributed by atoms with van der Waals surface area (Å²) in [5.74, 6) is 0.931. The van der Waals surface area contributed by atoms with Gasteiger partial charge >= 0.3 is 6.03 Å². The zero-order valence-electron chi connectivity index (χ0n) is 13.5. The second kappa shape index (κ2) is 6.24. The Morgan fingerprint density at radius 1 is 1.21 bits per heavy atom. The number of carbonyl (C=O) groups excluding carboxylic acids is 1. The Labute approximate surface area is 140 Å². The summed E-state index contributed by atoms with van der Waals surface area (Å²) < 4.78 is 0. The second-order valence-corrected chi connectivity index (χ2v) is 6.41. The number of pyridine rings is 2. The van der Waals surface area contributed by atoms with Crippen molar-refractivity contribution in [3.05, 3.63) is 24.4 Å². The lowest BCUT2D eigenvalue weighted by atomic mass is 10.2. The largest absolute Gasteiger partial charge is 0.391 e. The van der Waals surface area contributed by atoms with Gasteiger partial charge < -0.3 is 20.2 Å². The molecular formula is C17H21N5O2. The number of fused-ring (bicyclic) bond motifs is 1. The maximum atomic E-state index is 12.4. The smallest absolute Gasteiger partial charge is 0.321 e. The van der Waals surface area contributed by atoms with Gasteiger partial charge in [0.25, 0.3) is 0 Å². The first kappa shape index (κ1) is 15.1. The van der Waals surface area contributed by atoms with Gasteiger partial charge in [-0.2, -0.15) is 0 Å². The van der Waals surface area contributed by atoms with Gasteiger partial charge in [-0.1, -0.05) is 0 Å². The molecule has 2 aromatic heterocycles. The van der Waals surface area contributed by atoms with Crippen LogP contribution in [-0.2, 0) is 0 Å². The van der Waals surface area contributed by atoms with Crippen molar-refractivity contribution in [2.75, 3.05) is 36.4 Å². The van der Waals surface area contributed by atoms with E-state index in [0.717, 1.165) is 24.4 Å². The maximum Gasteiger partial charge on any atom is 0.321 e. The molecule has 0 aliphatic carbocycles. The van der Waals surface area contributed by atoms with Crippen LogP contribution in [0.4, 0.5) is 16.3 Å². The Morgan fingerprint density at radius 2 is 2.04 bits per heavy atom. The summed E-state index contributed by atoms with van der Waals surface area (Å²) in [4.78, 5) is 25.3. The van der Waals surface area contributed by atoms with Crippen LogP contribution in [0.2, 0.25) is 0 Å². The fraction of sp³-hybridized carbons (Fsp3) is 0.471. The molecule has 2 aliphatic rings. The Kier molecular flexibility index (Phi) is 3.93. The number of aliphatic hydroxyl groups is 1. The summed E-state index contributed by atoms with van der Waals surface area (Å²) in [5.41, 5.74) is 2.12. The van der Waals surface area contributed by atoms with Gasteiger partial charge in [-0.3, -0.25) is 4.98 Å². The lowest BCUT2D eigenvalue weighted by Crippen LogP contribution is -2.33. The van der Waals surface area contributed by atoms with Crippen LogP contribution in [0.15, 0.2) is 24.4 Å². The van der Waals surface area contributed by atoms with Crippen molar-refractivity contribution in [3.63, 3.8) is 0 Å². The minimum Gasteiger partial charge on any atom is -0.391 e. The third-order valence-corrected chi connectivity index (χ3v) is 4.69. The lowest BCUT2D eigenvalue weighted by Gasteiger charge is -2.19. The minimum absolute atomic E-state index is 0.201. The topological polar surface area (TPSA) is 81.6 Å². The predicted octanol–water partition coefficient (Wildman–Crippen LogP) is 1.83. The van der Waals surface area contributed by atoms with Gasteiger partial charge in [0, 0.05) is 32.4 Å². The molecule has 4 rings (SSSR count). The molecule has 0 radical (unpaired) electrons. The molecule has 0 spiro atoms. The van der Waals surface area contributed by atoms with Gasteiger partial charge in [0.2, 0.25) is 0 Å². The standard InChI is InChI=1S/C17H21N5O2/c23-12-6-10-22(11-12)17(24)19-14-5-7-18-13-3-4-15(20-16(13)14)21-8-1-2-9-21/h3-5,7,12,23H,1-2,6,8-11H2,(H,18,19,24). The first-order valence-corrected chi connectivity index (χ1v) is 8.45. The number of hydrogen-bond acceptors (Lipinski definition) is 5. The van der Waals surface area contributed by atoms with E-state index < -0.39 is 6.10 Å². The summed E-state index contributed by atoms with van der Waals surface area (Å²) in [6, 6.07) is 5.51. The normalized spacial score (nSPS) is 20.8. The molecule has 1 unspecified atom stereocenters. The van der Waals surface area contributed by atoms with Crippen molar-refractivity contribution in [2.45, 2.75) is 25.4 Å². The number of nitrogens with zero attached hydrogens (tertiary/aromatic N) is 4. The minimum atomic E-state index is -0.426. The Bertz CT molecular complexity index is 760. The van der Waals surface area contributed by atoms with E-state index in [-0.39, 0.29) is 6.03 Å². The third kappa shape index (κ3) is 2.87. The maximum absolute atomic E-state index is 12.4. The van der Waals surface area contributed by atoms with Crippen molar-refractivity contribution in [1.82, 2.24) is 14.9 Å². The van der Waals surface area contributed by atoms with Crippen LogP contribution in [0.5, 0.6) is 0 Å². The summed E-state index contributed by atoms with van der Waals surface area (Å²) in [6.45, 7) is 2.99. The van der Waals surface area contributed by atoms with Crippen molar-refractivity contribution in [3.8, 4) is 0 Å². The Balaban J connectivity index is 1.61. The summed E-state index contributed by atoms with van der Waals surface area (Å²) in [6.07, 6.45) is 4.25. The highest BCUT2D eigenvalue weighted by atomic mass is 16.3. The molecule has 4 heterocycles. The van der Waals surface area contributed by atoms with E-state index in [1.807, 2.05) is 12.1 Å². The summed E-state index contributed by atoms with van der Waals surface area (Å²) in [5, 5.41) is 12.5. The quantitative estimate of drug-likeness (QED) is 0.879.